The molecule has 2 saturated carbocycles. The molecular formula is C143H106O4. The van der Waals surface area contributed by atoms with Crippen LogP contribution >= 0.6 is 0 Å². The number of rotatable bonds is 15. The molecule has 0 radical (unpaired) electrons. The van der Waals surface area contributed by atoms with Gasteiger partial charge in [-0.05, 0) is 258 Å². The van der Waals surface area contributed by atoms with E-state index >= 15 is 0 Å². The molecule has 7 aliphatic rings. The smallest absolute Gasteiger partial charge is 0.140 e. The summed E-state index contributed by atoms with van der Waals surface area (Å²) in [5.41, 5.74) is 37.5. The Kier molecular flexibility index (Phi) is 19.8. The molecule has 29 rings (SSSR count). The van der Waals surface area contributed by atoms with Crippen molar-refractivity contribution in [3.05, 3.63) is 550 Å². The minimum absolute atomic E-state index is 0.0590. The van der Waals surface area contributed by atoms with Crippen molar-refractivity contribution in [2.24, 2.45) is 0 Å². The maximum absolute atomic E-state index is 7.89. The molecule has 22 aromatic carbocycles. The number of para-hydroxylation sites is 8. The van der Waals surface area contributed by atoms with Gasteiger partial charge >= 0.3 is 0 Å². The van der Waals surface area contributed by atoms with Gasteiger partial charge < -0.3 is 18.9 Å². The fourth-order valence-corrected chi connectivity index (χ4v) is 28.7. The highest BCUT2D eigenvalue weighted by molar-refractivity contribution is 6.23. The van der Waals surface area contributed by atoms with Crippen molar-refractivity contribution in [1.29, 1.82) is 0 Å². The summed E-state index contributed by atoms with van der Waals surface area (Å²) < 4.78 is 30.1. The van der Waals surface area contributed by atoms with Crippen LogP contribution in [0.1, 0.15) is 173 Å². The minimum atomic E-state index is -0.873. The lowest BCUT2D eigenvalue weighted by molar-refractivity contribution is 0.419. The van der Waals surface area contributed by atoms with E-state index in [1.54, 1.807) is 0 Å². The van der Waals surface area contributed by atoms with Gasteiger partial charge in [-0.15, -0.1) is 0 Å². The summed E-state index contributed by atoms with van der Waals surface area (Å²) in [6, 6.07) is 172. The molecule has 0 aromatic heterocycles. The number of fused-ring (bicyclic) bond motifs is 20. The minimum Gasteiger partial charge on any atom is -0.456 e. The Labute approximate surface area is 858 Å². The lowest BCUT2D eigenvalue weighted by atomic mass is 9.63. The Balaban J connectivity index is 0.605. The molecule has 3 heterocycles. The van der Waals surface area contributed by atoms with E-state index in [2.05, 4.69) is 483 Å². The molecular weight excluding hydrogens is 1780 g/mol. The van der Waals surface area contributed by atoms with Crippen LogP contribution in [-0.2, 0) is 39.9 Å². The van der Waals surface area contributed by atoms with E-state index in [0.29, 0.717) is 0 Å². The van der Waals surface area contributed by atoms with Gasteiger partial charge in [-0.2, -0.15) is 0 Å². The van der Waals surface area contributed by atoms with Crippen LogP contribution in [0.5, 0.6) is 46.0 Å². The lowest BCUT2D eigenvalue weighted by Gasteiger charge is -2.42. The summed E-state index contributed by atoms with van der Waals surface area (Å²) in [6.07, 6.45) is 9.23. The van der Waals surface area contributed by atoms with Gasteiger partial charge in [0, 0.05) is 71.9 Å². The van der Waals surface area contributed by atoms with E-state index in [4.69, 9.17) is 18.9 Å². The molecule has 3 atom stereocenters. The largest absolute Gasteiger partial charge is 0.456 e. The van der Waals surface area contributed by atoms with Crippen molar-refractivity contribution in [1.82, 2.24) is 0 Å². The second-order valence-corrected chi connectivity index (χ2v) is 42.4. The van der Waals surface area contributed by atoms with E-state index in [9.17, 15) is 0 Å². The molecule has 147 heavy (non-hydrogen) atoms. The van der Waals surface area contributed by atoms with Gasteiger partial charge in [0.25, 0.3) is 0 Å². The first kappa shape index (κ1) is 86.7. The Morgan fingerprint density at radius 2 is 0.585 bits per heavy atom. The molecule has 2 fully saturated rings. The first-order valence-corrected chi connectivity index (χ1v) is 52.9. The molecule has 4 nitrogen and oxygen atoms in total. The number of hydrogen-bond donors (Lipinski definition) is 0. The standard InChI is InChI=1S/C143H106O4/c1-5-89-41-16-24-77-127(89)144-135-90(6-2)42-31-61-105(135)97-53-32-57-101-113(97)86-114-98(106-62-36-74-124-136(106)145-128-78-25-21-69-119(128)139(124,3)4)54-33-58-102(114)132(101)112-66-40-73-123-134(112)110-52-18-20-68-118(110)141(123)84-81-92(88-141)91-43-30-50-96(85-91)143(95-48-14-9-15-49-95)121-71-23-27-80-130(121)147-138-108(64-38-76-126(138)143)100-56-35-60-104-116(100)87-115-99(55-34-59-103(115)131(104)111-65-39-72-122-133(111)109-51-17-19-67-117(109)140(122)82-28-29-83-140)107-63-37-75-125-137(107)146-129-79-26-22-70-120(129)142(125,93-44-10-7-11-45-93)94-46-12-8-13-47-94/h7-27,30-80,85-87,92H,5-6,28-29,81-84,88H2,1-4H3. The SMILES string of the molecule is CCc1ccccc1Oc1c(CC)cccc1-c1cccc2c(-c3cccc4c3-c3ccccc3C43CCC(c4cccc(C5(c6ccccc6)c6ccccc6Oc6c(-c7cccc8c(-c9cccc%10c9-c9ccccc9C%109CCCC9)c9cccc(-c%10cccc%11c%10Oc%10ccccc%10C%11(c%10ccccc%10)c%10ccccc%10)c9cc78)cccc65)c4)C3)c3cccc(-c4cccc5c4Oc4ccccc4C5(C)C)c3cc12. The fourth-order valence-electron chi connectivity index (χ4n) is 28.7. The quantitative estimate of drug-likeness (QED) is 0.0959. The Hall–Kier alpha value is -16.9. The second-order valence-electron chi connectivity index (χ2n) is 42.4. The Bertz CT molecular complexity index is 9190. The molecule has 0 saturated heterocycles. The normalized spacial score (nSPS) is 17.2. The summed E-state index contributed by atoms with van der Waals surface area (Å²) in [6.45, 7) is 9.14. The van der Waals surface area contributed by atoms with Crippen molar-refractivity contribution < 1.29 is 18.9 Å². The van der Waals surface area contributed by atoms with Gasteiger partial charge in [-0.1, -0.05) is 459 Å². The van der Waals surface area contributed by atoms with Crippen LogP contribution in [0.2, 0.25) is 0 Å². The molecule has 4 aliphatic carbocycles. The Morgan fingerprint density at radius 1 is 0.245 bits per heavy atom. The molecule has 0 bridgehead atoms. The molecule has 702 valence electrons. The molecule has 4 heteroatoms. The second kappa shape index (κ2) is 33.6. The van der Waals surface area contributed by atoms with Gasteiger partial charge in [0.15, 0.2) is 0 Å². The van der Waals surface area contributed by atoms with Gasteiger partial charge in [0.1, 0.15) is 46.0 Å². The number of ether oxygens (including phenoxy) is 4. The molecule has 3 unspecified atom stereocenters. The van der Waals surface area contributed by atoms with E-state index in [1.165, 1.54) is 146 Å². The van der Waals surface area contributed by atoms with E-state index < -0.39 is 10.8 Å². The van der Waals surface area contributed by atoms with Crippen molar-refractivity contribution >= 4 is 43.1 Å². The molecule has 0 amide bonds. The average Bonchev–Trinajstić information content (AvgIpc) is 1.26. The van der Waals surface area contributed by atoms with Gasteiger partial charge in [-0.25, -0.2) is 0 Å². The van der Waals surface area contributed by atoms with Crippen LogP contribution < -0.4 is 18.9 Å². The van der Waals surface area contributed by atoms with Crippen LogP contribution in [0.25, 0.3) is 132 Å². The highest BCUT2D eigenvalue weighted by Crippen LogP contribution is 2.68. The van der Waals surface area contributed by atoms with Crippen molar-refractivity contribution in [3.63, 3.8) is 0 Å². The summed E-state index contributed by atoms with van der Waals surface area (Å²) >= 11 is 0. The average molecular weight is 1890 g/mol. The third-order valence-corrected chi connectivity index (χ3v) is 35.1. The maximum Gasteiger partial charge on any atom is 0.140 e. The monoisotopic (exact) mass is 1890 g/mol. The van der Waals surface area contributed by atoms with Crippen LogP contribution in [-0.4, -0.2) is 0 Å². The van der Waals surface area contributed by atoms with Crippen LogP contribution in [0, 0.1) is 0 Å². The number of benzene rings is 22. The molecule has 2 spiro atoms. The predicted octanol–water partition coefficient (Wildman–Crippen LogP) is 37.7. The maximum atomic E-state index is 7.89. The fraction of sp³-hybridized carbons (Fsp3) is 0.133. The third kappa shape index (κ3) is 12.6. The predicted molar refractivity (Wildman–Crippen MR) is 604 cm³/mol. The highest BCUT2D eigenvalue weighted by Gasteiger charge is 2.53. The molecule has 0 N–H and O–H groups in total. The topological polar surface area (TPSA) is 36.9 Å². The van der Waals surface area contributed by atoms with Crippen molar-refractivity contribution in [2.75, 3.05) is 0 Å². The van der Waals surface area contributed by atoms with E-state index in [0.717, 1.165) is 185 Å². The number of aryl methyl sites for hydroxylation is 2. The van der Waals surface area contributed by atoms with Crippen molar-refractivity contribution in [2.45, 2.75) is 118 Å². The van der Waals surface area contributed by atoms with Crippen molar-refractivity contribution in [3.8, 4) is 135 Å². The van der Waals surface area contributed by atoms with Gasteiger partial charge in [0.2, 0.25) is 0 Å². The van der Waals surface area contributed by atoms with Crippen LogP contribution in [0.15, 0.2) is 455 Å². The zero-order valence-corrected chi connectivity index (χ0v) is 82.9. The van der Waals surface area contributed by atoms with Crippen LogP contribution in [0.4, 0.5) is 0 Å². The highest BCUT2D eigenvalue weighted by atomic mass is 16.5. The van der Waals surface area contributed by atoms with Gasteiger partial charge in [-0.3, -0.25) is 0 Å². The zero-order valence-electron chi connectivity index (χ0n) is 82.9. The summed E-state index contributed by atoms with van der Waals surface area (Å²) in [4.78, 5) is 0. The molecule has 3 aliphatic heterocycles. The van der Waals surface area contributed by atoms with Crippen LogP contribution in [0.3, 0.4) is 0 Å². The first-order valence-electron chi connectivity index (χ1n) is 52.9. The first-order chi connectivity index (χ1) is 72.5. The third-order valence-electron chi connectivity index (χ3n) is 35.1. The van der Waals surface area contributed by atoms with E-state index in [-0.39, 0.29) is 22.2 Å². The Morgan fingerprint density at radius 3 is 1.09 bits per heavy atom. The number of hydrogen-bond acceptors (Lipinski definition) is 4. The summed E-state index contributed by atoms with van der Waals surface area (Å²) in [5.74, 6) is 7.13. The molecule has 22 aromatic rings. The van der Waals surface area contributed by atoms with E-state index in [1.807, 2.05) is 0 Å². The lowest BCUT2D eigenvalue weighted by Crippen LogP contribution is -2.34. The zero-order chi connectivity index (χ0) is 97.6. The van der Waals surface area contributed by atoms with Gasteiger partial charge in [0.05, 0.1) is 10.8 Å². The summed E-state index contributed by atoms with van der Waals surface area (Å²) in [5, 5.41) is 9.32. The summed E-state index contributed by atoms with van der Waals surface area (Å²) in [7, 11) is 0.